The van der Waals surface area contributed by atoms with E-state index in [1.807, 2.05) is 19.2 Å². The lowest BCUT2D eigenvalue weighted by Gasteiger charge is -2.75. The van der Waals surface area contributed by atoms with Crippen molar-refractivity contribution in [1.29, 1.82) is 0 Å². The summed E-state index contributed by atoms with van der Waals surface area (Å²) in [7, 11) is 1.97. The number of fused-ring (bicyclic) bond motifs is 1. The molecule has 11 fully saturated rings. The number of carbonyl (C=O) groups excluding carboxylic acids is 2. The van der Waals surface area contributed by atoms with Crippen LogP contribution in [0.4, 0.5) is 0 Å². The van der Waals surface area contributed by atoms with Crippen LogP contribution < -0.4 is 5.32 Å². The molecule has 16 aliphatic carbocycles. The molecule has 17 aliphatic rings. The molecule has 10 heteroatoms. The van der Waals surface area contributed by atoms with Gasteiger partial charge in [-0.1, -0.05) is 124 Å². The third kappa shape index (κ3) is 7.96. The number of esters is 1. The van der Waals surface area contributed by atoms with E-state index in [4.69, 9.17) is 4.74 Å². The number of nitrogens with one attached hydrogen (secondary N) is 1. The molecule has 90 heavy (non-hydrogen) atoms. The van der Waals surface area contributed by atoms with Crippen molar-refractivity contribution in [3.63, 3.8) is 0 Å². The molecule has 3 aromatic rings. The molecule has 480 valence electrons. The molecule has 1 aliphatic heterocycles. The number of aliphatic hydroxyl groups is 6. The van der Waals surface area contributed by atoms with Crippen LogP contribution in [0.3, 0.4) is 0 Å². The standard InChI is InChI=1S/C80H101NO9/c1-47(50-12-4-5-13-50)52-19-22-64-71(85)75-31-25-55-35-54(20-21-63(55)75)53-15-10-18-59(36-53)74(27-6-3-7-28-74)58-17-8-11-48(34-58)33-49-23-29-73(41-49)30-24-51-14-9-16-56(43-82)60(51)39-66(81-2)61-37-57-42-78(87)76(44-73,69(57)62-40-68(84)90-70(61)62)32-26-67-77(45-75,46-83)79(64,88)65(38-52)72(86)80(67,78)89/h8-11,14-18,34,36,40,46-47,49-50,52,54-55,57,61,63-67,69-72,81-82,85-89H,3-7,12-13,19-23,25-29,31-33,35,37-39,41-45H2,1-2H3. The summed E-state index contributed by atoms with van der Waals surface area (Å²) < 4.78 is 6.61. The van der Waals surface area contributed by atoms with Crippen LogP contribution in [0.5, 0.6) is 0 Å². The summed E-state index contributed by atoms with van der Waals surface area (Å²) in [5, 5.41) is 89.2. The average molecular weight is 1220 g/mol. The number of benzene rings is 3. The first-order valence-electron chi connectivity index (χ1n) is 36.6. The number of aldehydes is 1. The Hall–Kier alpha value is -4.18. The first-order valence-corrected chi connectivity index (χ1v) is 36.6. The van der Waals surface area contributed by atoms with Gasteiger partial charge in [0.2, 0.25) is 0 Å². The minimum absolute atomic E-state index is 0.0625. The van der Waals surface area contributed by atoms with Gasteiger partial charge in [-0.25, -0.2) is 4.79 Å². The van der Waals surface area contributed by atoms with Gasteiger partial charge in [0.25, 0.3) is 0 Å². The molecule has 11 saturated carbocycles. The predicted octanol–water partition coefficient (Wildman–Crippen LogP) is 11.9. The molecule has 0 aromatic heterocycles. The summed E-state index contributed by atoms with van der Waals surface area (Å²) >= 11 is 0. The van der Waals surface area contributed by atoms with Crippen molar-refractivity contribution in [2.75, 3.05) is 7.05 Å². The second-order valence-corrected chi connectivity index (χ2v) is 33.9. The number of ether oxygens (including phenoxy) is 1. The van der Waals surface area contributed by atoms with Gasteiger partial charge in [0.05, 0.1) is 29.8 Å². The summed E-state index contributed by atoms with van der Waals surface area (Å²) in [4.78, 5) is 30.2. The van der Waals surface area contributed by atoms with E-state index in [2.05, 4.69) is 78.7 Å². The molecule has 7 N–H and O–H groups in total. The molecule has 0 amide bonds. The monoisotopic (exact) mass is 1220 g/mol. The van der Waals surface area contributed by atoms with Crippen LogP contribution >= 0.6 is 0 Å². The van der Waals surface area contributed by atoms with Crippen LogP contribution in [0.15, 0.2) is 78.4 Å². The van der Waals surface area contributed by atoms with Crippen molar-refractivity contribution in [1.82, 2.24) is 5.32 Å². The third-order valence-corrected chi connectivity index (χ3v) is 31.0. The first-order chi connectivity index (χ1) is 43.5. The van der Waals surface area contributed by atoms with Crippen LogP contribution in [0.2, 0.25) is 0 Å². The molecule has 23 atom stereocenters. The van der Waals surface area contributed by atoms with Gasteiger partial charge in [-0.3, -0.25) is 0 Å². The molecule has 4 spiro atoms. The van der Waals surface area contributed by atoms with Crippen LogP contribution in [-0.4, -0.2) is 91.1 Å². The van der Waals surface area contributed by atoms with Crippen molar-refractivity contribution in [2.45, 2.75) is 246 Å². The van der Waals surface area contributed by atoms with Gasteiger partial charge >= 0.3 is 5.97 Å². The van der Waals surface area contributed by atoms with E-state index in [9.17, 15) is 25.2 Å². The van der Waals surface area contributed by atoms with E-state index in [0.717, 1.165) is 118 Å². The van der Waals surface area contributed by atoms with Gasteiger partial charge in [-0.05, 0) is 240 Å². The maximum absolute atomic E-state index is 15.8. The minimum Gasteiger partial charge on any atom is -0.454 e. The fourth-order valence-electron chi connectivity index (χ4n) is 27.4. The van der Waals surface area contributed by atoms with Crippen molar-refractivity contribution < 1.29 is 45.0 Å². The molecule has 23 unspecified atom stereocenters. The summed E-state index contributed by atoms with van der Waals surface area (Å²) in [6, 6.07) is 25.2. The Morgan fingerprint density at radius 2 is 1.51 bits per heavy atom. The zero-order valence-corrected chi connectivity index (χ0v) is 53.7. The van der Waals surface area contributed by atoms with Gasteiger partial charge in [0.15, 0.2) is 0 Å². The molecular weight excluding hydrogens is 1120 g/mol. The van der Waals surface area contributed by atoms with Gasteiger partial charge in [-0.2, -0.15) is 0 Å². The van der Waals surface area contributed by atoms with Gasteiger partial charge < -0.3 is 45.5 Å². The van der Waals surface area contributed by atoms with Gasteiger partial charge in [0, 0.05) is 63.0 Å². The van der Waals surface area contributed by atoms with E-state index in [1.54, 1.807) is 6.08 Å². The van der Waals surface area contributed by atoms with Crippen LogP contribution in [-0.2, 0) is 39.2 Å². The lowest BCUT2D eigenvalue weighted by Crippen LogP contribution is -2.86. The topological polar surface area (TPSA) is 177 Å². The third-order valence-electron chi connectivity index (χ3n) is 31.0. The highest BCUT2D eigenvalue weighted by Crippen LogP contribution is 2.81. The lowest BCUT2D eigenvalue weighted by molar-refractivity contribution is -0.386. The summed E-state index contributed by atoms with van der Waals surface area (Å²) in [6.45, 7) is 2.23. The number of hydrogen-bond donors (Lipinski definition) is 7. The highest BCUT2D eigenvalue weighted by Gasteiger charge is 2.87. The molecular formula is C80H101NO9. The number of likely N-dealkylation sites (N-methyl/N-ethyl adjacent to an activating group) is 1. The number of carbonyl (C=O) groups is 2. The van der Waals surface area contributed by atoms with E-state index in [0.29, 0.717) is 56.3 Å². The maximum Gasteiger partial charge on any atom is 0.331 e. The predicted molar refractivity (Wildman–Crippen MR) is 344 cm³/mol. The normalized spacial score (nSPS) is 47.0. The summed E-state index contributed by atoms with van der Waals surface area (Å²) in [5.41, 5.74) is -1.28. The van der Waals surface area contributed by atoms with Crippen LogP contribution in [0.25, 0.3) is 0 Å². The first kappa shape index (κ1) is 59.6. The Morgan fingerprint density at radius 3 is 2.31 bits per heavy atom. The Labute approximate surface area is 534 Å². The smallest absolute Gasteiger partial charge is 0.331 e. The zero-order chi connectivity index (χ0) is 61.5. The average Bonchev–Trinajstić information content (AvgIpc) is 1.15. The summed E-state index contributed by atoms with van der Waals surface area (Å²) in [5.74, 6) is 5.76. The van der Waals surface area contributed by atoms with Gasteiger partial charge in [-0.15, -0.1) is 0 Å². The Balaban J connectivity index is 0.903. The van der Waals surface area contributed by atoms with Crippen LogP contribution in [0.1, 0.15) is 219 Å². The molecule has 3 aromatic carbocycles. The molecule has 17 bridgehead atoms. The SMILES string of the molecule is CNC1Cc2c(cccc2CO)C#CC23CCC(Cc4cccc(c4)C4(CCCCC4)c4cccc(c4)C4CCC5C(CCC56CC5(C=O)C7CCC8(C2)C2C9=CC(=O)OC9C1CC2CC8(O)C7(O)C(O)C1CC(C(C)C2CCCC2)CCC(C6O)C15O)C4)C3. The van der Waals surface area contributed by atoms with E-state index < -0.39 is 86.4 Å². The zero-order valence-electron chi connectivity index (χ0n) is 53.7. The van der Waals surface area contributed by atoms with E-state index in [1.165, 1.54) is 54.4 Å². The van der Waals surface area contributed by atoms with E-state index in [-0.39, 0.29) is 72.8 Å². The molecule has 0 radical (unpaired) electrons. The molecule has 20 rings (SSSR count). The van der Waals surface area contributed by atoms with E-state index >= 15 is 15.0 Å². The minimum atomic E-state index is -2.28. The lowest BCUT2D eigenvalue weighted by atomic mass is 9.32. The Kier molecular flexibility index (Phi) is 14.0. The fourth-order valence-corrected chi connectivity index (χ4v) is 27.4. The maximum atomic E-state index is 15.8. The number of rotatable bonds is 5. The largest absolute Gasteiger partial charge is 0.454 e. The Morgan fingerprint density at radius 1 is 0.722 bits per heavy atom. The molecule has 1 heterocycles. The second kappa shape index (κ2) is 21.2. The number of aliphatic hydroxyl groups excluding tert-OH is 3. The van der Waals surface area contributed by atoms with Crippen molar-refractivity contribution in [3.8, 4) is 11.8 Å². The fraction of sp³-hybridized carbons (Fsp3) is 0.700. The van der Waals surface area contributed by atoms with Crippen molar-refractivity contribution >= 4 is 12.3 Å². The van der Waals surface area contributed by atoms with Gasteiger partial charge in [0.1, 0.15) is 23.6 Å². The van der Waals surface area contributed by atoms with Crippen molar-refractivity contribution in [3.05, 3.63) is 117 Å². The summed E-state index contributed by atoms with van der Waals surface area (Å²) in [6.07, 6.45) is 22.3. The number of hydrogen-bond acceptors (Lipinski definition) is 10. The molecule has 10 nitrogen and oxygen atoms in total. The van der Waals surface area contributed by atoms with Crippen molar-refractivity contribution in [2.24, 2.45) is 92.7 Å². The molecule has 0 saturated heterocycles. The Bertz CT molecular complexity index is 3460. The quantitative estimate of drug-likeness (QED) is 0.0739. The van der Waals surface area contributed by atoms with Crippen LogP contribution in [0, 0.1) is 105 Å². The highest BCUT2D eigenvalue weighted by molar-refractivity contribution is 5.86. The highest BCUT2D eigenvalue weighted by atomic mass is 16.5. The second-order valence-electron chi connectivity index (χ2n) is 33.9.